The third kappa shape index (κ3) is 9.17. The zero-order chi connectivity index (χ0) is 12.8. The first-order valence-electron chi connectivity index (χ1n) is 4.38. The molecule has 1 atom stereocenters. The van der Waals surface area contributed by atoms with E-state index >= 15 is 0 Å². The summed E-state index contributed by atoms with van der Waals surface area (Å²) in [5.41, 5.74) is 0. The highest BCUT2D eigenvalue weighted by Gasteiger charge is 2.26. The van der Waals surface area contributed by atoms with Gasteiger partial charge in [-0.05, 0) is 14.1 Å². The molecule has 0 fully saturated rings. The average Bonchev–Trinajstić information content (AvgIpc) is 1.76. The summed E-state index contributed by atoms with van der Waals surface area (Å²) in [5, 5.41) is 18.0. The Morgan fingerprint density at radius 2 is 1.53 bits per heavy atom. The maximum absolute atomic E-state index is 10.6. The van der Waals surface area contributed by atoms with E-state index in [4.69, 9.17) is 9.90 Å². The Morgan fingerprint density at radius 1 is 1.27 bits per heavy atom. The lowest BCUT2D eigenvalue weighted by atomic mass is 10.4. The Bertz CT molecular complexity index is 217. The number of carboxylic acids is 2. The van der Waals surface area contributed by atoms with E-state index in [1.165, 1.54) is 0 Å². The molecule has 0 saturated carbocycles. The largest absolute Gasteiger partial charge is 0.543 e. The van der Waals surface area contributed by atoms with Crippen LogP contribution >= 0.6 is 0 Å². The molecule has 1 N–H and O–H groups in total. The van der Waals surface area contributed by atoms with Crippen molar-refractivity contribution in [2.75, 3.05) is 35.2 Å². The second kappa shape index (κ2) is 6.36. The number of likely N-dealkylation sites (N-methyl/N-ethyl adjacent to an activating group) is 2. The summed E-state index contributed by atoms with van der Waals surface area (Å²) >= 11 is 0. The van der Waals surface area contributed by atoms with Crippen LogP contribution in [0, 0.1) is 0 Å². The fourth-order valence-corrected chi connectivity index (χ4v) is 1.22. The smallest absolute Gasteiger partial charge is 0.300 e. The average molecular weight is 220 g/mol. The van der Waals surface area contributed by atoms with Gasteiger partial charge in [0.05, 0.1) is 21.1 Å². The number of nitrogens with zero attached hydrogens (tertiary/aromatic N) is 2. The molecule has 0 amide bonds. The van der Waals surface area contributed by atoms with Crippen LogP contribution in [0.5, 0.6) is 0 Å². The molecular formula is C9H20N2O4. The van der Waals surface area contributed by atoms with Gasteiger partial charge in [-0.3, -0.25) is 9.69 Å². The van der Waals surface area contributed by atoms with Crippen molar-refractivity contribution in [1.29, 1.82) is 0 Å². The van der Waals surface area contributed by atoms with Crippen molar-refractivity contribution in [2.24, 2.45) is 0 Å². The molecule has 0 heterocycles. The number of rotatable bonds is 3. The van der Waals surface area contributed by atoms with Gasteiger partial charge in [-0.15, -0.1) is 0 Å². The van der Waals surface area contributed by atoms with E-state index in [0.717, 1.165) is 6.92 Å². The van der Waals surface area contributed by atoms with Gasteiger partial charge in [0.1, 0.15) is 5.97 Å². The van der Waals surface area contributed by atoms with E-state index in [9.17, 15) is 9.90 Å². The van der Waals surface area contributed by atoms with Gasteiger partial charge in [-0.2, -0.15) is 0 Å². The first-order chi connectivity index (χ1) is 6.50. The first-order valence-corrected chi connectivity index (χ1v) is 4.38. The van der Waals surface area contributed by atoms with Crippen molar-refractivity contribution >= 4 is 11.9 Å². The van der Waals surface area contributed by atoms with Crippen molar-refractivity contribution in [3.8, 4) is 0 Å². The monoisotopic (exact) mass is 220 g/mol. The molecule has 0 aliphatic rings. The van der Waals surface area contributed by atoms with Crippen LogP contribution in [0.4, 0.5) is 0 Å². The quantitative estimate of drug-likeness (QED) is 0.458. The van der Waals surface area contributed by atoms with Crippen molar-refractivity contribution in [3.63, 3.8) is 0 Å². The van der Waals surface area contributed by atoms with E-state index in [1.54, 1.807) is 19.0 Å². The Kier molecular flexibility index (Phi) is 6.91. The summed E-state index contributed by atoms with van der Waals surface area (Å²) in [7, 11) is 8.91. The number of hydrogen-bond acceptors (Lipinski definition) is 4. The highest BCUT2D eigenvalue weighted by Crippen LogP contribution is 2.03. The summed E-state index contributed by atoms with van der Waals surface area (Å²) in [6, 6.07) is 0. The molecule has 0 aliphatic heterocycles. The van der Waals surface area contributed by atoms with E-state index in [-0.39, 0.29) is 0 Å². The summed E-state index contributed by atoms with van der Waals surface area (Å²) in [5.74, 6) is -1.87. The molecule has 0 rings (SSSR count). The van der Waals surface area contributed by atoms with Gasteiger partial charge in [-0.25, -0.2) is 0 Å². The zero-order valence-corrected chi connectivity index (χ0v) is 10.1. The normalized spacial score (nSPS) is 12.7. The lowest BCUT2D eigenvalue weighted by Crippen LogP contribution is -2.61. The molecule has 15 heavy (non-hydrogen) atoms. The Labute approximate surface area is 90.3 Å². The van der Waals surface area contributed by atoms with Gasteiger partial charge in [0, 0.05) is 6.92 Å². The van der Waals surface area contributed by atoms with Crippen LogP contribution in [0.15, 0.2) is 0 Å². The van der Waals surface area contributed by atoms with Crippen LogP contribution in [0.25, 0.3) is 0 Å². The van der Waals surface area contributed by atoms with Crippen LogP contribution in [-0.4, -0.2) is 67.8 Å². The standard InChI is InChI=1S/C7H16N2O2.C2H4O2/c1-8(2)6(7(10)11)9(3,4)5;1-2(3)4/h6H,1-5H3;1H3,(H,3,4). The second-order valence-corrected chi connectivity index (χ2v) is 4.29. The minimum absolute atomic E-state index is 0.343. The molecule has 0 saturated heterocycles. The zero-order valence-electron chi connectivity index (χ0n) is 10.1. The number of carboxylic acid groups (broad SMARTS) is 2. The van der Waals surface area contributed by atoms with Gasteiger partial charge >= 0.3 is 0 Å². The van der Waals surface area contributed by atoms with Gasteiger partial charge in [0.15, 0.2) is 6.17 Å². The third-order valence-corrected chi connectivity index (χ3v) is 1.43. The second-order valence-electron chi connectivity index (χ2n) is 4.29. The number of carbonyl (C=O) groups is 2. The molecule has 0 aromatic heterocycles. The maximum atomic E-state index is 10.6. The molecule has 0 aromatic rings. The minimum Gasteiger partial charge on any atom is -0.543 e. The number of quaternary nitrogens is 1. The maximum Gasteiger partial charge on any atom is 0.300 e. The van der Waals surface area contributed by atoms with Crippen molar-refractivity contribution in [1.82, 2.24) is 4.90 Å². The predicted molar refractivity (Wildman–Crippen MR) is 53.8 cm³/mol. The van der Waals surface area contributed by atoms with Crippen molar-refractivity contribution in [2.45, 2.75) is 13.1 Å². The van der Waals surface area contributed by atoms with Crippen molar-refractivity contribution < 1.29 is 24.3 Å². The van der Waals surface area contributed by atoms with Crippen LogP contribution in [0.3, 0.4) is 0 Å². The molecule has 0 aliphatic carbocycles. The fraction of sp³-hybridized carbons (Fsp3) is 0.778. The van der Waals surface area contributed by atoms with E-state index < -0.39 is 18.1 Å². The molecule has 1 unspecified atom stereocenters. The van der Waals surface area contributed by atoms with Gasteiger partial charge in [0.25, 0.3) is 5.97 Å². The van der Waals surface area contributed by atoms with Crippen molar-refractivity contribution in [3.05, 3.63) is 0 Å². The topological polar surface area (TPSA) is 80.7 Å². The Balaban J connectivity index is 0. The van der Waals surface area contributed by atoms with Gasteiger partial charge < -0.3 is 19.5 Å². The van der Waals surface area contributed by atoms with E-state index in [2.05, 4.69) is 0 Å². The lowest BCUT2D eigenvalue weighted by molar-refractivity contribution is -0.900. The summed E-state index contributed by atoms with van der Waals surface area (Å²) < 4.78 is 0.343. The predicted octanol–water partition coefficient (Wildman–Crippen LogP) is -1.58. The van der Waals surface area contributed by atoms with E-state index in [0.29, 0.717) is 4.48 Å². The van der Waals surface area contributed by atoms with Crippen LogP contribution in [0.2, 0.25) is 0 Å². The van der Waals surface area contributed by atoms with Crippen LogP contribution in [0.1, 0.15) is 6.92 Å². The molecule has 0 bridgehead atoms. The van der Waals surface area contributed by atoms with Crippen LogP contribution < -0.4 is 5.11 Å². The number of hydrogen-bond donors (Lipinski definition) is 1. The molecule has 6 heteroatoms. The first kappa shape index (κ1) is 16.3. The molecule has 90 valence electrons. The molecule has 0 radical (unpaired) electrons. The molecular weight excluding hydrogens is 200 g/mol. The summed E-state index contributed by atoms with van der Waals surface area (Å²) in [6.45, 7) is 1.08. The Morgan fingerprint density at radius 3 is 1.53 bits per heavy atom. The molecule has 6 nitrogen and oxygen atoms in total. The van der Waals surface area contributed by atoms with Gasteiger partial charge in [0.2, 0.25) is 0 Å². The summed E-state index contributed by atoms with van der Waals surface area (Å²) in [4.78, 5) is 21.3. The number of carbonyl (C=O) groups excluding carboxylic acids is 1. The minimum atomic E-state index is -1.04. The highest BCUT2D eigenvalue weighted by molar-refractivity contribution is 5.69. The SMILES string of the molecule is CC(=O)O.CN(C)C(C(=O)[O-])[N+](C)(C)C. The number of aliphatic carboxylic acids is 2. The highest BCUT2D eigenvalue weighted by atomic mass is 16.4. The fourth-order valence-electron chi connectivity index (χ4n) is 1.22. The summed E-state index contributed by atoms with van der Waals surface area (Å²) in [6.07, 6.45) is -0.588. The lowest BCUT2D eigenvalue weighted by Gasteiger charge is -2.38. The Hall–Kier alpha value is -1.14. The van der Waals surface area contributed by atoms with E-state index in [1.807, 2.05) is 21.1 Å². The molecule has 0 aromatic carbocycles. The molecule has 0 spiro atoms. The van der Waals surface area contributed by atoms with Gasteiger partial charge in [-0.1, -0.05) is 0 Å². The van der Waals surface area contributed by atoms with Crippen LogP contribution in [-0.2, 0) is 9.59 Å². The third-order valence-electron chi connectivity index (χ3n) is 1.43.